The first-order valence-corrected chi connectivity index (χ1v) is 10.7. The highest BCUT2D eigenvalue weighted by atomic mass is 127. The molecule has 0 radical (unpaired) electrons. The second kappa shape index (κ2) is 14.6. The average Bonchev–Trinajstić information content (AvgIpc) is 2.69. The van der Waals surface area contributed by atoms with E-state index in [1.165, 1.54) is 25.9 Å². The van der Waals surface area contributed by atoms with Crippen LogP contribution < -0.4 is 16.0 Å². The Hall–Kier alpha value is -1.35. The number of halogens is 1. The van der Waals surface area contributed by atoms with Crippen molar-refractivity contribution in [2.24, 2.45) is 10.9 Å². The van der Waals surface area contributed by atoms with Crippen LogP contribution >= 0.6 is 24.0 Å². The molecule has 0 aromatic heterocycles. The lowest BCUT2D eigenvalue weighted by atomic mass is 9.99. The number of nitrogens with one attached hydrogen (secondary N) is 3. The normalized spacial score (nSPS) is 15.5. The van der Waals surface area contributed by atoms with Gasteiger partial charge < -0.3 is 20.9 Å². The molecule has 6 nitrogen and oxygen atoms in total. The van der Waals surface area contributed by atoms with Gasteiger partial charge in [-0.05, 0) is 68.9 Å². The molecule has 0 atom stereocenters. The van der Waals surface area contributed by atoms with Gasteiger partial charge in [0.15, 0.2) is 5.96 Å². The van der Waals surface area contributed by atoms with Crippen LogP contribution in [0.3, 0.4) is 0 Å². The number of hydrogen-bond donors (Lipinski definition) is 3. The van der Waals surface area contributed by atoms with E-state index >= 15 is 0 Å². The third-order valence-corrected chi connectivity index (χ3v) is 5.19. The molecule has 1 amide bonds. The molecule has 0 spiro atoms. The first kappa shape index (κ1) is 25.7. The molecule has 1 aliphatic rings. The topological polar surface area (TPSA) is 68.8 Å². The molecule has 0 aliphatic carbocycles. The fourth-order valence-corrected chi connectivity index (χ4v) is 3.41. The summed E-state index contributed by atoms with van der Waals surface area (Å²) in [4.78, 5) is 18.6. The van der Waals surface area contributed by atoms with E-state index in [1.54, 1.807) is 7.05 Å². The number of carbonyl (C=O) groups excluding carboxylic acids is 1. The number of guanidine groups is 1. The first-order chi connectivity index (χ1) is 13.6. The van der Waals surface area contributed by atoms with Crippen LogP contribution in [0.5, 0.6) is 0 Å². The van der Waals surface area contributed by atoms with Gasteiger partial charge in [-0.3, -0.25) is 9.79 Å². The SMILES string of the molecule is CCCC(=O)Nc1cccc(CNC(=NC)NCCCN2CCC(C)CC2)c1.I. The maximum Gasteiger partial charge on any atom is 0.224 e. The smallest absolute Gasteiger partial charge is 0.224 e. The minimum Gasteiger partial charge on any atom is -0.356 e. The van der Waals surface area contributed by atoms with Crippen LogP contribution in [0.1, 0.15) is 51.5 Å². The predicted molar refractivity (Wildman–Crippen MR) is 133 cm³/mol. The molecule has 1 aromatic rings. The molecule has 0 unspecified atom stereocenters. The molecular weight excluding hydrogens is 477 g/mol. The van der Waals surface area contributed by atoms with E-state index in [0.717, 1.165) is 49.1 Å². The Balaban J connectivity index is 0.00000420. The van der Waals surface area contributed by atoms with Crippen LogP contribution in [0.4, 0.5) is 5.69 Å². The van der Waals surface area contributed by atoms with Gasteiger partial charge in [0.05, 0.1) is 0 Å². The number of anilines is 1. The lowest BCUT2D eigenvalue weighted by molar-refractivity contribution is -0.116. The molecule has 164 valence electrons. The van der Waals surface area contributed by atoms with Crippen molar-refractivity contribution >= 4 is 41.5 Å². The summed E-state index contributed by atoms with van der Waals surface area (Å²) in [5, 5.41) is 9.69. The molecule has 0 saturated carbocycles. The quantitative estimate of drug-likeness (QED) is 0.203. The van der Waals surface area contributed by atoms with Gasteiger partial charge in [-0.25, -0.2) is 0 Å². The zero-order chi connectivity index (χ0) is 20.2. The number of likely N-dealkylation sites (tertiary alicyclic amines) is 1. The third-order valence-electron chi connectivity index (χ3n) is 5.19. The van der Waals surface area contributed by atoms with Crippen LogP contribution in [0.2, 0.25) is 0 Å². The van der Waals surface area contributed by atoms with E-state index < -0.39 is 0 Å². The third kappa shape index (κ3) is 10.3. The molecule has 3 N–H and O–H groups in total. The van der Waals surface area contributed by atoms with Gasteiger partial charge in [-0.1, -0.05) is 26.0 Å². The lowest BCUT2D eigenvalue weighted by Gasteiger charge is -2.30. The minimum absolute atomic E-state index is 0. The van der Waals surface area contributed by atoms with Crippen LogP contribution in [-0.4, -0.2) is 50.0 Å². The molecule has 2 rings (SSSR count). The van der Waals surface area contributed by atoms with Crippen molar-refractivity contribution in [3.63, 3.8) is 0 Å². The zero-order valence-electron chi connectivity index (χ0n) is 18.2. The van der Waals surface area contributed by atoms with Crippen LogP contribution in [0, 0.1) is 5.92 Å². The second-order valence-electron chi connectivity index (χ2n) is 7.73. The average molecular weight is 515 g/mol. The Kier molecular flexibility index (Phi) is 12.9. The van der Waals surface area contributed by atoms with Crippen molar-refractivity contribution in [3.8, 4) is 0 Å². The Morgan fingerprint density at radius 2 is 2.00 bits per heavy atom. The molecule has 1 fully saturated rings. The van der Waals surface area contributed by atoms with E-state index in [2.05, 4.69) is 32.8 Å². The van der Waals surface area contributed by atoms with Gasteiger partial charge in [-0.15, -0.1) is 24.0 Å². The summed E-state index contributed by atoms with van der Waals surface area (Å²) in [6.45, 7) is 9.56. The standard InChI is InChI=1S/C22H37N5O.HI/c1-4-7-21(28)26-20-9-5-8-19(16-20)17-25-22(23-3)24-12-6-13-27-14-10-18(2)11-15-27;/h5,8-9,16,18H,4,6-7,10-15,17H2,1-3H3,(H,26,28)(H2,23,24,25);1H. The van der Waals surface area contributed by atoms with Crippen molar-refractivity contribution in [1.82, 2.24) is 15.5 Å². The summed E-state index contributed by atoms with van der Waals surface area (Å²) < 4.78 is 0. The van der Waals surface area contributed by atoms with Gasteiger partial charge in [0, 0.05) is 32.2 Å². The number of aliphatic imine (C=N–C) groups is 1. The van der Waals surface area contributed by atoms with E-state index in [0.29, 0.717) is 13.0 Å². The molecule has 7 heteroatoms. The van der Waals surface area contributed by atoms with E-state index in [-0.39, 0.29) is 29.9 Å². The molecule has 1 saturated heterocycles. The number of rotatable bonds is 9. The second-order valence-corrected chi connectivity index (χ2v) is 7.73. The number of piperidine rings is 1. The number of nitrogens with zero attached hydrogens (tertiary/aromatic N) is 2. The van der Waals surface area contributed by atoms with Gasteiger partial charge in [-0.2, -0.15) is 0 Å². The number of carbonyl (C=O) groups is 1. The number of benzene rings is 1. The highest BCUT2D eigenvalue weighted by Gasteiger charge is 2.14. The van der Waals surface area contributed by atoms with Crippen LogP contribution in [-0.2, 0) is 11.3 Å². The predicted octanol–water partition coefficient (Wildman–Crippen LogP) is 3.83. The van der Waals surface area contributed by atoms with E-state index in [9.17, 15) is 4.79 Å². The van der Waals surface area contributed by atoms with Crippen molar-refractivity contribution in [1.29, 1.82) is 0 Å². The Morgan fingerprint density at radius 1 is 1.24 bits per heavy atom. The van der Waals surface area contributed by atoms with Crippen molar-refractivity contribution in [3.05, 3.63) is 29.8 Å². The van der Waals surface area contributed by atoms with Crippen molar-refractivity contribution in [2.75, 3.05) is 38.5 Å². The zero-order valence-corrected chi connectivity index (χ0v) is 20.5. The molecule has 1 heterocycles. The minimum atomic E-state index is 0. The summed E-state index contributed by atoms with van der Waals surface area (Å²) in [7, 11) is 1.79. The molecule has 29 heavy (non-hydrogen) atoms. The summed E-state index contributed by atoms with van der Waals surface area (Å²) in [6, 6.07) is 7.94. The molecular formula is C22H38IN5O. The van der Waals surface area contributed by atoms with Crippen LogP contribution in [0.15, 0.2) is 29.3 Å². The Bertz CT molecular complexity index is 629. The fourth-order valence-electron chi connectivity index (χ4n) is 3.41. The summed E-state index contributed by atoms with van der Waals surface area (Å²) in [6.07, 6.45) is 5.18. The van der Waals surface area contributed by atoms with E-state index in [1.807, 2.05) is 31.2 Å². The van der Waals surface area contributed by atoms with Crippen molar-refractivity contribution in [2.45, 2.75) is 52.5 Å². The van der Waals surface area contributed by atoms with Gasteiger partial charge >= 0.3 is 0 Å². The number of amides is 1. The summed E-state index contributed by atoms with van der Waals surface area (Å²) in [5.74, 6) is 1.76. The maximum atomic E-state index is 11.8. The monoisotopic (exact) mass is 515 g/mol. The van der Waals surface area contributed by atoms with Gasteiger partial charge in [0.25, 0.3) is 0 Å². The summed E-state index contributed by atoms with van der Waals surface area (Å²) >= 11 is 0. The first-order valence-electron chi connectivity index (χ1n) is 10.7. The lowest BCUT2D eigenvalue weighted by Crippen LogP contribution is -2.39. The van der Waals surface area contributed by atoms with Crippen molar-refractivity contribution < 1.29 is 4.79 Å². The van der Waals surface area contributed by atoms with Gasteiger partial charge in [0.1, 0.15) is 0 Å². The number of hydrogen-bond acceptors (Lipinski definition) is 3. The molecule has 0 bridgehead atoms. The fraction of sp³-hybridized carbons (Fsp3) is 0.636. The van der Waals surface area contributed by atoms with E-state index in [4.69, 9.17) is 0 Å². The Labute approximate surface area is 193 Å². The highest BCUT2D eigenvalue weighted by molar-refractivity contribution is 14.0. The molecule has 1 aliphatic heterocycles. The Morgan fingerprint density at radius 3 is 2.69 bits per heavy atom. The maximum absolute atomic E-state index is 11.8. The largest absolute Gasteiger partial charge is 0.356 e. The van der Waals surface area contributed by atoms with Gasteiger partial charge in [0.2, 0.25) is 5.91 Å². The molecule has 1 aromatic carbocycles. The van der Waals surface area contributed by atoms with Crippen LogP contribution in [0.25, 0.3) is 0 Å². The highest BCUT2D eigenvalue weighted by Crippen LogP contribution is 2.15. The summed E-state index contributed by atoms with van der Waals surface area (Å²) in [5.41, 5.74) is 1.95.